The van der Waals surface area contributed by atoms with E-state index in [2.05, 4.69) is 33.2 Å². The summed E-state index contributed by atoms with van der Waals surface area (Å²) in [5, 5.41) is 6.14. The highest BCUT2D eigenvalue weighted by atomic mass is 127. The Bertz CT molecular complexity index is 624. The minimum atomic E-state index is -0.316. The van der Waals surface area contributed by atoms with Crippen LogP contribution in [0.4, 0.5) is 5.69 Å². The summed E-state index contributed by atoms with van der Waals surface area (Å²) in [5.74, 6) is 1.64. The van der Waals surface area contributed by atoms with E-state index in [-0.39, 0.29) is 18.0 Å². The fourth-order valence-corrected chi connectivity index (χ4v) is 2.58. The molecule has 1 amide bonds. The Hall–Kier alpha value is -1.34. The van der Waals surface area contributed by atoms with E-state index in [0.29, 0.717) is 0 Å². The number of furan rings is 1. The first kappa shape index (κ1) is 16.0. The second-order valence-electron chi connectivity index (χ2n) is 5.06. The average molecular weight is 398 g/mol. The van der Waals surface area contributed by atoms with Gasteiger partial charge >= 0.3 is 0 Å². The quantitative estimate of drug-likeness (QED) is 0.752. The van der Waals surface area contributed by atoms with Gasteiger partial charge in [0.2, 0.25) is 5.91 Å². The Morgan fingerprint density at radius 1 is 1.24 bits per heavy atom. The van der Waals surface area contributed by atoms with Crippen molar-refractivity contribution >= 4 is 34.2 Å². The lowest BCUT2D eigenvalue weighted by Gasteiger charge is -2.18. The van der Waals surface area contributed by atoms with Gasteiger partial charge in [0.25, 0.3) is 0 Å². The molecule has 1 aromatic carbocycles. The summed E-state index contributed by atoms with van der Waals surface area (Å²) in [4.78, 5) is 12.2. The van der Waals surface area contributed by atoms with Crippen molar-refractivity contribution in [2.75, 3.05) is 5.32 Å². The molecule has 0 bridgehead atoms. The summed E-state index contributed by atoms with van der Waals surface area (Å²) >= 11 is 2.22. The first-order chi connectivity index (χ1) is 9.95. The van der Waals surface area contributed by atoms with E-state index in [9.17, 15) is 4.79 Å². The van der Waals surface area contributed by atoms with Crippen LogP contribution in [0.15, 0.2) is 40.8 Å². The lowest BCUT2D eigenvalue weighted by atomic mass is 10.2. The fraction of sp³-hybridized carbons (Fsp3) is 0.312. The van der Waals surface area contributed by atoms with Crippen molar-refractivity contribution in [3.05, 3.63) is 51.5 Å². The van der Waals surface area contributed by atoms with Gasteiger partial charge in [0.15, 0.2) is 0 Å². The van der Waals surface area contributed by atoms with Crippen LogP contribution >= 0.6 is 22.6 Å². The second-order valence-corrected chi connectivity index (χ2v) is 6.30. The number of hydrogen-bond donors (Lipinski definition) is 2. The number of carbonyl (C=O) groups excluding carboxylic acids is 1. The van der Waals surface area contributed by atoms with Crippen LogP contribution in [0.3, 0.4) is 0 Å². The van der Waals surface area contributed by atoms with Crippen molar-refractivity contribution in [1.82, 2.24) is 5.32 Å². The third-order valence-electron chi connectivity index (χ3n) is 3.17. The van der Waals surface area contributed by atoms with Crippen molar-refractivity contribution in [1.29, 1.82) is 0 Å². The number of benzene rings is 1. The van der Waals surface area contributed by atoms with E-state index < -0.39 is 0 Å². The summed E-state index contributed by atoms with van der Waals surface area (Å²) in [6.07, 6.45) is 0. The molecule has 2 unspecified atom stereocenters. The van der Waals surface area contributed by atoms with Crippen LogP contribution in [0, 0.1) is 10.5 Å². The molecule has 0 saturated heterocycles. The molecule has 21 heavy (non-hydrogen) atoms. The number of amides is 1. The minimum Gasteiger partial charge on any atom is -0.465 e. The molecule has 4 nitrogen and oxygen atoms in total. The van der Waals surface area contributed by atoms with Gasteiger partial charge in [-0.15, -0.1) is 0 Å². The first-order valence-corrected chi connectivity index (χ1v) is 7.92. The zero-order chi connectivity index (χ0) is 15.4. The molecule has 0 saturated carbocycles. The topological polar surface area (TPSA) is 54.3 Å². The van der Waals surface area contributed by atoms with Gasteiger partial charge in [0.1, 0.15) is 11.5 Å². The van der Waals surface area contributed by atoms with E-state index in [4.69, 9.17) is 4.42 Å². The molecule has 0 fully saturated rings. The molecular weight excluding hydrogens is 379 g/mol. The zero-order valence-electron chi connectivity index (χ0n) is 12.3. The maximum atomic E-state index is 12.2. The molecule has 0 aliphatic rings. The van der Waals surface area contributed by atoms with Crippen LogP contribution in [0.5, 0.6) is 0 Å². The number of nitrogens with one attached hydrogen (secondary N) is 2. The number of anilines is 1. The SMILES string of the molecule is Cc1ccc(C(C)NC(C)C(=O)Nc2cccc(I)c2)o1. The first-order valence-electron chi connectivity index (χ1n) is 6.84. The van der Waals surface area contributed by atoms with Gasteiger partial charge in [-0.25, -0.2) is 0 Å². The molecule has 0 radical (unpaired) electrons. The monoisotopic (exact) mass is 398 g/mol. The summed E-state index contributed by atoms with van der Waals surface area (Å²) < 4.78 is 6.65. The Balaban J connectivity index is 1.93. The van der Waals surface area contributed by atoms with Crippen molar-refractivity contribution in [2.24, 2.45) is 0 Å². The number of aryl methyl sites for hydroxylation is 1. The maximum absolute atomic E-state index is 12.2. The number of halogens is 1. The van der Waals surface area contributed by atoms with Crippen LogP contribution in [0.2, 0.25) is 0 Å². The molecule has 1 heterocycles. The van der Waals surface area contributed by atoms with E-state index in [1.54, 1.807) is 0 Å². The highest BCUT2D eigenvalue weighted by Crippen LogP contribution is 2.17. The van der Waals surface area contributed by atoms with Crippen LogP contribution in [0.25, 0.3) is 0 Å². The van der Waals surface area contributed by atoms with E-state index >= 15 is 0 Å². The fourth-order valence-electron chi connectivity index (χ4n) is 2.04. The lowest BCUT2D eigenvalue weighted by Crippen LogP contribution is -2.39. The Kier molecular flexibility index (Phi) is 5.41. The van der Waals surface area contributed by atoms with Gasteiger partial charge in [0.05, 0.1) is 12.1 Å². The van der Waals surface area contributed by atoms with E-state index in [0.717, 1.165) is 20.8 Å². The molecule has 2 aromatic rings. The Morgan fingerprint density at radius 2 is 2.00 bits per heavy atom. The summed E-state index contributed by atoms with van der Waals surface area (Å²) in [6, 6.07) is 11.2. The third kappa shape index (κ3) is 4.57. The van der Waals surface area contributed by atoms with Crippen LogP contribution < -0.4 is 10.6 Å². The molecule has 2 rings (SSSR count). The molecule has 0 aliphatic carbocycles. The molecule has 5 heteroatoms. The molecule has 2 N–H and O–H groups in total. The molecular formula is C16H19IN2O2. The van der Waals surface area contributed by atoms with Gasteiger partial charge in [-0.1, -0.05) is 6.07 Å². The van der Waals surface area contributed by atoms with E-state index in [1.165, 1.54) is 0 Å². The van der Waals surface area contributed by atoms with Gasteiger partial charge in [-0.2, -0.15) is 0 Å². The van der Waals surface area contributed by atoms with Crippen LogP contribution in [-0.4, -0.2) is 11.9 Å². The molecule has 2 atom stereocenters. The minimum absolute atomic E-state index is 0.0182. The van der Waals surface area contributed by atoms with Crippen molar-refractivity contribution in [2.45, 2.75) is 32.9 Å². The summed E-state index contributed by atoms with van der Waals surface area (Å²) in [7, 11) is 0. The van der Waals surface area contributed by atoms with Crippen molar-refractivity contribution in [3.63, 3.8) is 0 Å². The average Bonchev–Trinajstić information content (AvgIpc) is 2.85. The standard InChI is InChI=1S/C16H19IN2O2/c1-10-7-8-15(21-10)11(2)18-12(3)16(20)19-14-6-4-5-13(17)9-14/h4-9,11-12,18H,1-3H3,(H,19,20). The highest BCUT2D eigenvalue weighted by molar-refractivity contribution is 14.1. The molecule has 0 aliphatic heterocycles. The molecule has 112 valence electrons. The van der Waals surface area contributed by atoms with Crippen molar-refractivity contribution < 1.29 is 9.21 Å². The lowest BCUT2D eigenvalue weighted by molar-refractivity contribution is -0.118. The Morgan fingerprint density at radius 3 is 2.62 bits per heavy atom. The number of rotatable bonds is 5. The zero-order valence-corrected chi connectivity index (χ0v) is 14.5. The number of carbonyl (C=O) groups is 1. The highest BCUT2D eigenvalue weighted by Gasteiger charge is 2.18. The van der Waals surface area contributed by atoms with Crippen LogP contribution in [-0.2, 0) is 4.79 Å². The van der Waals surface area contributed by atoms with Crippen LogP contribution in [0.1, 0.15) is 31.4 Å². The molecule has 1 aromatic heterocycles. The molecule has 0 spiro atoms. The van der Waals surface area contributed by atoms with Crippen molar-refractivity contribution in [3.8, 4) is 0 Å². The Labute approximate surface area is 138 Å². The predicted molar refractivity (Wildman–Crippen MR) is 92.2 cm³/mol. The normalized spacial score (nSPS) is 13.7. The summed E-state index contributed by atoms with van der Waals surface area (Å²) in [6.45, 7) is 5.73. The van der Waals surface area contributed by atoms with Gasteiger partial charge in [-0.3, -0.25) is 10.1 Å². The van der Waals surface area contributed by atoms with Gasteiger partial charge < -0.3 is 9.73 Å². The second kappa shape index (κ2) is 7.09. The van der Waals surface area contributed by atoms with Gasteiger partial charge in [0, 0.05) is 9.26 Å². The predicted octanol–water partition coefficient (Wildman–Crippen LogP) is 3.87. The largest absolute Gasteiger partial charge is 0.465 e. The summed E-state index contributed by atoms with van der Waals surface area (Å²) in [5.41, 5.74) is 0.807. The van der Waals surface area contributed by atoms with Gasteiger partial charge in [-0.05, 0) is 73.7 Å². The third-order valence-corrected chi connectivity index (χ3v) is 3.84. The number of hydrogen-bond acceptors (Lipinski definition) is 3. The smallest absolute Gasteiger partial charge is 0.241 e. The van der Waals surface area contributed by atoms with E-state index in [1.807, 2.05) is 57.2 Å². The maximum Gasteiger partial charge on any atom is 0.241 e.